The molecule has 0 spiro atoms. The number of nitrogens with zero attached hydrogens (tertiary/aromatic N) is 2. The predicted octanol–water partition coefficient (Wildman–Crippen LogP) is 9.51. The molecule has 0 fully saturated rings. The fourth-order valence-corrected chi connectivity index (χ4v) is 6.33. The molecule has 3 heterocycles. The Bertz CT molecular complexity index is 2020. The Labute approximate surface area is 269 Å². The molecule has 2 N–H and O–H groups in total. The highest BCUT2D eigenvalue weighted by molar-refractivity contribution is 5.84. The van der Waals surface area contributed by atoms with Crippen molar-refractivity contribution in [3.63, 3.8) is 0 Å². The molecule has 0 radical (unpaired) electrons. The summed E-state index contributed by atoms with van der Waals surface area (Å²) in [5, 5.41) is 8.57. The summed E-state index contributed by atoms with van der Waals surface area (Å²) >= 11 is 0. The number of para-hydroxylation sites is 1. The van der Waals surface area contributed by atoms with Gasteiger partial charge in [0.25, 0.3) is 0 Å². The van der Waals surface area contributed by atoms with E-state index < -0.39 is 0 Å². The van der Waals surface area contributed by atoms with Crippen LogP contribution in [0.5, 0.6) is 0 Å². The minimum Gasteiger partial charge on any atom is -0.381 e. The fraction of sp³-hybridized carbons (Fsp3) is 0.0476. The lowest BCUT2D eigenvalue weighted by atomic mass is 10.0. The van der Waals surface area contributed by atoms with Gasteiger partial charge in [0, 0.05) is 35.2 Å². The molecule has 46 heavy (non-hydrogen) atoms. The van der Waals surface area contributed by atoms with E-state index in [9.17, 15) is 0 Å². The van der Waals surface area contributed by atoms with Crippen LogP contribution < -0.4 is 15.5 Å². The summed E-state index contributed by atoms with van der Waals surface area (Å²) in [6.07, 6.45) is 13.2. The maximum absolute atomic E-state index is 3.66. The Morgan fingerprint density at radius 1 is 0.587 bits per heavy atom. The highest BCUT2D eigenvalue weighted by Crippen LogP contribution is 2.34. The van der Waals surface area contributed by atoms with E-state index in [1.807, 2.05) is 0 Å². The van der Waals surface area contributed by atoms with Crippen molar-refractivity contribution in [2.75, 3.05) is 11.4 Å². The first-order valence-electron chi connectivity index (χ1n) is 15.8. The van der Waals surface area contributed by atoms with Crippen molar-refractivity contribution in [1.82, 2.24) is 15.2 Å². The molecule has 222 valence electrons. The molecular formula is C42H34N4. The standard InChI is InChI=1S/C42H34N4/c1-3-9-31(10-4-1)33-15-19-36(20-16-33)46(37-21-17-34(18-22-37)32-11-5-2-6-12-32)39-24-26-41(44-30-39)40-25-23-38(29-43-40)45-28-27-35-13-7-8-14-42(35)45/h1-28,30,41,43-44H,29H2. The highest BCUT2D eigenvalue weighted by atomic mass is 15.2. The second-order valence-corrected chi connectivity index (χ2v) is 11.6. The number of hydrogen-bond acceptors (Lipinski definition) is 3. The van der Waals surface area contributed by atoms with Crippen LogP contribution >= 0.6 is 0 Å². The van der Waals surface area contributed by atoms with Crippen LogP contribution in [0, 0.1) is 0 Å². The van der Waals surface area contributed by atoms with Crippen molar-refractivity contribution in [3.05, 3.63) is 188 Å². The van der Waals surface area contributed by atoms with Crippen molar-refractivity contribution in [2.45, 2.75) is 6.04 Å². The second-order valence-electron chi connectivity index (χ2n) is 11.6. The van der Waals surface area contributed by atoms with Crippen LogP contribution in [0.1, 0.15) is 0 Å². The lowest BCUT2D eigenvalue weighted by molar-refractivity contribution is 0.695. The minimum atomic E-state index is 0.0609. The summed E-state index contributed by atoms with van der Waals surface area (Å²) in [5.74, 6) is 0. The molecule has 0 aliphatic carbocycles. The van der Waals surface area contributed by atoms with Gasteiger partial charge in [-0.2, -0.15) is 0 Å². The molecule has 0 saturated heterocycles. The van der Waals surface area contributed by atoms with Gasteiger partial charge >= 0.3 is 0 Å². The molecule has 2 aliphatic rings. The maximum atomic E-state index is 3.66. The summed E-state index contributed by atoms with van der Waals surface area (Å²) in [6, 6.07) is 49.4. The Hall–Kier alpha value is -6.00. The Morgan fingerprint density at radius 2 is 1.17 bits per heavy atom. The number of allylic oxidation sites excluding steroid dienone is 3. The number of benzene rings is 5. The van der Waals surface area contributed by atoms with Crippen LogP contribution in [0.4, 0.5) is 11.4 Å². The molecular weight excluding hydrogens is 560 g/mol. The number of anilines is 2. The van der Waals surface area contributed by atoms with E-state index >= 15 is 0 Å². The van der Waals surface area contributed by atoms with Crippen LogP contribution in [0.3, 0.4) is 0 Å². The summed E-state index contributed by atoms with van der Waals surface area (Å²) in [5.41, 5.74) is 11.7. The van der Waals surface area contributed by atoms with Crippen LogP contribution in [0.2, 0.25) is 0 Å². The largest absolute Gasteiger partial charge is 0.381 e. The van der Waals surface area contributed by atoms with E-state index in [1.54, 1.807) is 0 Å². The summed E-state index contributed by atoms with van der Waals surface area (Å²) in [4.78, 5) is 2.31. The molecule has 1 aromatic heterocycles. The monoisotopic (exact) mass is 594 g/mol. The van der Waals surface area contributed by atoms with Gasteiger partial charge in [-0.3, -0.25) is 0 Å². The highest BCUT2D eigenvalue weighted by Gasteiger charge is 2.20. The van der Waals surface area contributed by atoms with Crippen molar-refractivity contribution in [2.24, 2.45) is 0 Å². The van der Waals surface area contributed by atoms with Crippen LogP contribution in [0.25, 0.3) is 38.9 Å². The number of hydrogen-bond donors (Lipinski definition) is 2. The maximum Gasteiger partial charge on any atom is 0.0844 e. The molecule has 1 unspecified atom stereocenters. The molecule has 2 aliphatic heterocycles. The van der Waals surface area contributed by atoms with Crippen molar-refractivity contribution >= 4 is 28.0 Å². The molecule has 0 bridgehead atoms. The minimum absolute atomic E-state index is 0.0609. The first-order chi connectivity index (χ1) is 22.8. The number of fused-ring (bicyclic) bond motifs is 1. The van der Waals surface area contributed by atoms with Gasteiger partial charge in [0.2, 0.25) is 0 Å². The first kappa shape index (κ1) is 27.5. The van der Waals surface area contributed by atoms with Gasteiger partial charge < -0.3 is 20.1 Å². The zero-order chi connectivity index (χ0) is 30.7. The van der Waals surface area contributed by atoms with Gasteiger partial charge in [-0.15, -0.1) is 0 Å². The normalized spacial score (nSPS) is 15.7. The quantitative estimate of drug-likeness (QED) is 0.193. The molecule has 0 saturated carbocycles. The lowest BCUT2D eigenvalue weighted by Crippen LogP contribution is -2.37. The van der Waals surface area contributed by atoms with Gasteiger partial charge in [-0.1, -0.05) is 109 Å². The topological polar surface area (TPSA) is 32.2 Å². The SMILES string of the molecule is C1=CC(C2=CC=C(n3ccc4ccccc43)CN2)NC=C1N(c1ccc(-c2ccccc2)cc1)c1ccc(-c2ccccc2)cc1. The fourth-order valence-electron chi connectivity index (χ4n) is 6.33. The van der Waals surface area contributed by atoms with Gasteiger partial charge in [0.15, 0.2) is 0 Å². The second kappa shape index (κ2) is 12.2. The Kier molecular flexibility index (Phi) is 7.29. The van der Waals surface area contributed by atoms with Gasteiger partial charge in [0.1, 0.15) is 0 Å². The molecule has 4 nitrogen and oxygen atoms in total. The number of dihydropyridines is 2. The molecule has 4 heteroatoms. The van der Waals surface area contributed by atoms with E-state index in [0.717, 1.165) is 29.3 Å². The van der Waals surface area contributed by atoms with Crippen LogP contribution in [0.15, 0.2) is 188 Å². The van der Waals surface area contributed by atoms with Gasteiger partial charge in [-0.25, -0.2) is 0 Å². The van der Waals surface area contributed by atoms with Crippen molar-refractivity contribution in [3.8, 4) is 22.3 Å². The molecule has 5 aromatic carbocycles. The predicted molar refractivity (Wildman–Crippen MR) is 192 cm³/mol. The number of rotatable bonds is 7. The van der Waals surface area contributed by atoms with Crippen molar-refractivity contribution < 1.29 is 0 Å². The molecule has 8 rings (SSSR count). The zero-order valence-corrected chi connectivity index (χ0v) is 25.4. The summed E-state index contributed by atoms with van der Waals surface area (Å²) in [6.45, 7) is 0.765. The zero-order valence-electron chi connectivity index (χ0n) is 25.4. The van der Waals surface area contributed by atoms with E-state index in [4.69, 9.17) is 0 Å². The Balaban J connectivity index is 1.07. The van der Waals surface area contributed by atoms with E-state index in [0.29, 0.717) is 0 Å². The van der Waals surface area contributed by atoms with E-state index in [2.05, 4.69) is 196 Å². The lowest BCUT2D eigenvalue weighted by Gasteiger charge is -2.31. The van der Waals surface area contributed by atoms with Crippen LogP contribution in [-0.4, -0.2) is 17.2 Å². The number of nitrogens with one attached hydrogen (secondary N) is 2. The third-order valence-corrected chi connectivity index (χ3v) is 8.77. The average molecular weight is 595 g/mol. The van der Waals surface area contributed by atoms with Gasteiger partial charge in [-0.05, 0) is 82.3 Å². The molecule has 1 atom stereocenters. The third kappa shape index (κ3) is 5.42. The number of aromatic nitrogens is 1. The van der Waals surface area contributed by atoms with E-state index in [1.165, 1.54) is 38.9 Å². The van der Waals surface area contributed by atoms with Crippen LogP contribution in [-0.2, 0) is 0 Å². The smallest absolute Gasteiger partial charge is 0.0844 e. The molecule has 6 aromatic rings. The van der Waals surface area contributed by atoms with Gasteiger partial charge in [0.05, 0.1) is 23.8 Å². The molecule has 0 amide bonds. The summed E-state index contributed by atoms with van der Waals surface area (Å²) in [7, 11) is 0. The van der Waals surface area contributed by atoms with Crippen molar-refractivity contribution in [1.29, 1.82) is 0 Å². The first-order valence-corrected chi connectivity index (χ1v) is 15.8. The third-order valence-electron chi connectivity index (χ3n) is 8.77. The Morgan fingerprint density at radius 3 is 1.74 bits per heavy atom. The van der Waals surface area contributed by atoms with E-state index in [-0.39, 0.29) is 6.04 Å². The summed E-state index contributed by atoms with van der Waals surface area (Å²) < 4.78 is 2.27. The average Bonchev–Trinajstić information content (AvgIpc) is 3.58.